The van der Waals surface area contributed by atoms with Gasteiger partial charge in [-0.3, -0.25) is 4.79 Å². The average molecular weight is 263 g/mol. The Morgan fingerprint density at radius 3 is 2.95 bits per heavy atom. The molecule has 6 heteroatoms. The maximum Gasteiger partial charge on any atom is 0.326 e. The molecule has 0 fully saturated rings. The number of nitrogens with zero attached hydrogens (tertiary/aromatic N) is 2. The minimum Gasteiger partial charge on any atom is -0.465 e. The molecular formula is C13H17N3O3. The lowest BCUT2D eigenvalue weighted by Crippen LogP contribution is -2.16. The van der Waals surface area contributed by atoms with Crippen LogP contribution in [0.4, 0.5) is 5.69 Å². The monoisotopic (exact) mass is 263 g/mol. The summed E-state index contributed by atoms with van der Waals surface area (Å²) in [5.41, 5.74) is 7.69. The van der Waals surface area contributed by atoms with Gasteiger partial charge >= 0.3 is 5.97 Å². The van der Waals surface area contributed by atoms with Crippen LogP contribution in [-0.4, -0.2) is 27.2 Å². The average Bonchev–Trinajstić information content (AvgIpc) is 2.67. The lowest BCUT2D eigenvalue weighted by molar-refractivity contribution is -0.143. The van der Waals surface area contributed by atoms with Gasteiger partial charge in [-0.25, -0.2) is 4.98 Å². The van der Waals surface area contributed by atoms with Crippen LogP contribution in [0, 0.1) is 0 Å². The molecule has 1 atom stereocenters. The van der Waals surface area contributed by atoms with Crippen molar-refractivity contribution in [3.05, 3.63) is 24.0 Å². The highest BCUT2D eigenvalue weighted by Gasteiger charge is 2.17. The molecule has 0 aliphatic carbocycles. The van der Waals surface area contributed by atoms with E-state index < -0.39 is 6.10 Å². The summed E-state index contributed by atoms with van der Waals surface area (Å²) in [6.45, 7) is 3.70. The third-order valence-electron chi connectivity index (χ3n) is 2.77. The van der Waals surface area contributed by atoms with Gasteiger partial charge in [0.2, 0.25) is 0 Å². The second-order valence-electron chi connectivity index (χ2n) is 4.29. The molecule has 6 nitrogen and oxygen atoms in total. The topological polar surface area (TPSA) is 90.4 Å². The van der Waals surface area contributed by atoms with E-state index in [2.05, 4.69) is 4.98 Å². The minimum absolute atomic E-state index is 0.0223. The van der Waals surface area contributed by atoms with Gasteiger partial charge in [0.1, 0.15) is 18.5 Å². The number of rotatable bonds is 4. The number of ether oxygens (including phenoxy) is 1. The van der Waals surface area contributed by atoms with Crippen molar-refractivity contribution in [3.63, 3.8) is 0 Å². The number of benzene rings is 1. The predicted octanol–water partition coefficient (Wildman–Crippen LogP) is 1.23. The summed E-state index contributed by atoms with van der Waals surface area (Å²) in [6, 6.07) is 5.23. The highest BCUT2D eigenvalue weighted by molar-refractivity contribution is 5.81. The Hall–Kier alpha value is -2.08. The summed E-state index contributed by atoms with van der Waals surface area (Å²) in [4.78, 5) is 15.9. The first-order valence-corrected chi connectivity index (χ1v) is 6.12. The molecule has 0 spiro atoms. The van der Waals surface area contributed by atoms with Crippen LogP contribution in [0.25, 0.3) is 11.0 Å². The molecule has 1 aromatic heterocycles. The number of carbonyl (C=O) groups is 1. The summed E-state index contributed by atoms with van der Waals surface area (Å²) in [7, 11) is 0. The van der Waals surface area contributed by atoms with Crippen LogP contribution in [0.5, 0.6) is 0 Å². The van der Waals surface area contributed by atoms with Crippen molar-refractivity contribution in [2.24, 2.45) is 0 Å². The summed E-state index contributed by atoms with van der Waals surface area (Å²) in [5, 5.41) is 9.75. The third-order valence-corrected chi connectivity index (χ3v) is 2.77. The number of imidazole rings is 1. The van der Waals surface area contributed by atoms with E-state index in [1.165, 1.54) is 0 Å². The Balaban J connectivity index is 2.49. The number of aliphatic hydroxyl groups excluding tert-OH is 1. The molecule has 2 aromatic rings. The first kappa shape index (κ1) is 13.4. The van der Waals surface area contributed by atoms with E-state index in [9.17, 15) is 9.90 Å². The quantitative estimate of drug-likeness (QED) is 0.639. The summed E-state index contributed by atoms with van der Waals surface area (Å²) >= 11 is 0. The van der Waals surface area contributed by atoms with Gasteiger partial charge < -0.3 is 20.1 Å². The van der Waals surface area contributed by atoms with Gasteiger partial charge in [-0.15, -0.1) is 0 Å². The lowest BCUT2D eigenvalue weighted by Gasteiger charge is -2.10. The molecule has 0 radical (unpaired) electrons. The number of aliphatic hydroxyl groups is 1. The highest BCUT2D eigenvalue weighted by atomic mass is 16.5. The molecule has 0 bridgehead atoms. The molecule has 19 heavy (non-hydrogen) atoms. The molecule has 0 saturated heterocycles. The van der Waals surface area contributed by atoms with E-state index in [-0.39, 0.29) is 12.5 Å². The lowest BCUT2D eigenvalue weighted by atomic mass is 10.3. The van der Waals surface area contributed by atoms with Gasteiger partial charge in [0.15, 0.2) is 0 Å². The minimum atomic E-state index is -0.775. The zero-order chi connectivity index (χ0) is 14.0. The van der Waals surface area contributed by atoms with Crippen molar-refractivity contribution in [2.75, 3.05) is 12.3 Å². The fraction of sp³-hybridized carbons (Fsp3) is 0.385. The Morgan fingerprint density at radius 1 is 1.58 bits per heavy atom. The largest absolute Gasteiger partial charge is 0.465 e. The maximum absolute atomic E-state index is 11.6. The van der Waals surface area contributed by atoms with Gasteiger partial charge in [-0.1, -0.05) is 0 Å². The van der Waals surface area contributed by atoms with E-state index in [1.807, 2.05) is 0 Å². The van der Waals surface area contributed by atoms with E-state index in [4.69, 9.17) is 10.5 Å². The summed E-state index contributed by atoms with van der Waals surface area (Å²) < 4.78 is 6.58. The Morgan fingerprint density at radius 2 is 2.32 bits per heavy atom. The smallest absolute Gasteiger partial charge is 0.326 e. The van der Waals surface area contributed by atoms with E-state index in [0.29, 0.717) is 23.6 Å². The van der Waals surface area contributed by atoms with Gasteiger partial charge in [0, 0.05) is 5.69 Å². The maximum atomic E-state index is 11.6. The molecule has 3 N–H and O–H groups in total. The molecule has 0 aliphatic rings. The fourth-order valence-electron chi connectivity index (χ4n) is 1.99. The van der Waals surface area contributed by atoms with Crippen LogP contribution in [0.3, 0.4) is 0 Å². The Kier molecular flexibility index (Phi) is 3.71. The molecule has 0 aliphatic heterocycles. The van der Waals surface area contributed by atoms with Crippen molar-refractivity contribution in [1.82, 2.24) is 9.55 Å². The normalized spacial score (nSPS) is 12.6. The third kappa shape index (κ3) is 2.68. The van der Waals surface area contributed by atoms with Gasteiger partial charge in [0.05, 0.1) is 17.6 Å². The number of fused-ring (bicyclic) bond motifs is 1. The molecule has 2 rings (SSSR count). The number of nitrogens with two attached hydrogens (primary N) is 1. The van der Waals surface area contributed by atoms with Crippen LogP contribution in [-0.2, 0) is 16.1 Å². The molecule has 0 saturated carbocycles. The molecule has 0 amide bonds. The first-order valence-electron chi connectivity index (χ1n) is 6.12. The van der Waals surface area contributed by atoms with E-state index in [1.54, 1.807) is 36.6 Å². The number of esters is 1. The van der Waals surface area contributed by atoms with Crippen molar-refractivity contribution in [3.8, 4) is 0 Å². The van der Waals surface area contributed by atoms with Crippen LogP contribution in [0.15, 0.2) is 18.2 Å². The van der Waals surface area contributed by atoms with Crippen LogP contribution in [0.2, 0.25) is 0 Å². The number of nitrogen functional groups attached to an aromatic ring is 1. The van der Waals surface area contributed by atoms with Gasteiger partial charge in [-0.05, 0) is 32.0 Å². The zero-order valence-corrected chi connectivity index (χ0v) is 11.0. The van der Waals surface area contributed by atoms with Crippen molar-refractivity contribution in [2.45, 2.75) is 26.5 Å². The van der Waals surface area contributed by atoms with Crippen LogP contribution < -0.4 is 5.73 Å². The zero-order valence-electron chi connectivity index (χ0n) is 11.0. The summed E-state index contributed by atoms with van der Waals surface area (Å²) in [6.07, 6.45) is -0.775. The highest BCUT2D eigenvalue weighted by Crippen LogP contribution is 2.22. The second-order valence-corrected chi connectivity index (χ2v) is 4.29. The van der Waals surface area contributed by atoms with Gasteiger partial charge in [0.25, 0.3) is 0 Å². The molecular weight excluding hydrogens is 246 g/mol. The molecule has 1 heterocycles. The van der Waals surface area contributed by atoms with Crippen molar-refractivity contribution >= 4 is 22.7 Å². The Bertz CT molecular complexity index is 604. The standard InChI is InChI=1S/C13H17N3O3/c1-3-19-12(18)7-16-11-5-4-9(14)6-10(11)15-13(16)8(2)17/h4-6,8,17H,3,7,14H2,1-2H3. The van der Waals surface area contributed by atoms with Crippen molar-refractivity contribution in [1.29, 1.82) is 0 Å². The number of hydrogen-bond acceptors (Lipinski definition) is 5. The first-order chi connectivity index (χ1) is 9.02. The summed E-state index contributed by atoms with van der Waals surface area (Å²) in [5.74, 6) is 0.0641. The number of anilines is 1. The molecule has 1 aromatic carbocycles. The number of hydrogen-bond donors (Lipinski definition) is 2. The SMILES string of the molecule is CCOC(=O)Cn1c(C(C)O)nc2cc(N)ccc21. The van der Waals surface area contributed by atoms with E-state index in [0.717, 1.165) is 5.52 Å². The number of aromatic nitrogens is 2. The molecule has 102 valence electrons. The predicted molar refractivity (Wildman–Crippen MR) is 71.4 cm³/mol. The van der Waals surface area contributed by atoms with E-state index >= 15 is 0 Å². The van der Waals surface area contributed by atoms with Crippen LogP contribution in [0.1, 0.15) is 25.8 Å². The Labute approximate surface area is 110 Å². The van der Waals surface area contributed by atoms with Gasteiger partial charge in [-0.2, -0.15) is 0 Å². The number of carbonyl (C=O) groups excluding carboxylic acids is 1. The molecule has 1 unspecified atom stereocenters. The fourth-order valence-corrected chi connectivity index (χ4v) is 1.99. The second kappa shape index (κ2) is 5.27. The van der Waals surface area contributed by atoms with Crippen molar-refractivity contribution < 1.29 is 14.6 Å². The van der Waals surface area contributed by atoms with Crippen LogP contribution >= 0.6 is 0 Å².